The second-order valence-electron chi connectivity index (χ2n) is 3.05. The Hall–Kier alpha value is -0.430. The molecule has 6 heteroatoms. The molecule has 1 aromatic rings. The number of carbonyl (C=O) groups excluding carboxylic acids is 1. The molecule has 0 aliphatic rings. The van der Waals surface area contributed by atoms with Crippen molar-refractivity contribution in [1.29, 1.82) is 0 Å². The Morgan fingerprint density at radius 2 is 2.31 bits per heavy atom. The Balaban J connectivity index is 2.11. The molecular weight excluding hydrogens is 294 g/mol. The van der Waals surface area contributed by atoms with E-state index in [2.05, 4.69) is 21.2 Å². The average Bonchev–Trinajstić information content (AvgIpc) is 2.70. The number of halogens is 1. The van der Waals surface area contributed by atoms with Crippen molar-refractivity contribution in [1.82, 2.24) is 5.32 Å². The highest BCUT2D eigenvalue weighted by Gasteiger charge is 2.06. The predicted molar refractivity (Wildman–Crippen MR) is 66.9 cm³/mol. The number of rotatable bonds is 7. The van der Waals surface area contributed by atoms with E-state index in [0.717, 1.165) is 10.2 Å². The maximum atomic E-state index is 11.5. The van der Waals surface area contributed by atoms with Crippen molar-refractivity contribution in [3.8, 4) is 0 Å². The van der Waals surface area contributed by atoms with Crippen LogP contribution in [0.5, 0.6) is 0 Å². The zero-order valence-corrected chi connectivity index (χ0v) is 11.1. The quantitative estimate of drug-likeness (QED) is 0.753. The highest BCUT2D eigenvalue weighted by Crippen LogP contribution is 2.21. The van der Waals surface area contributed by atoms with Crippen LogP contribution in [-0.2, 0) is 4.74 Å². The van der Waals surface area contributed by atoms with Crippen molar-refractivity contribution >= 4 is 33.2 Å². The summed E-state index contributed by atoms with van der Waals surface area (Å²) in [5, 5.41) is 11.3. The lowest BCUT2D eigenvalue weighted by molar-refractivity contribution is 0.0869. The van der Waals surface area contributed by atoms with Crippen LogP contribution in [0.1, 0.15) is 16.1 Å². The summed E-state index contributed by atoms with van der Waals surface area (Å²) in [6.45, 7) is 1.52. The monoisotopic (exact) mass is 307 g/mol. The van der Waals surface area contributed by atoms with Gasteiger partial charge in [0.05, 0.1) is 21.9 Å². The maximum absolute atomic E-state index is 11.5. The number of aliphatic hydroxyl groups excluding tert-OH is 1. The number of thiophene rings is 1. The van der Waals surface area contributed by atoms with E-state index < -0.39 is 0 Å². The predicted octanol–water partition coefficient (Wildman–Crippen LogP) is 1.64. The Kier molecular flexibility index (Phi) is 6.63. The lowest BCUT2D eigenvalue weighted by Crippen LogP contribution is -2.24. The molecule has 0 aliphatic heterocycles. The molecule has 1 rings (SSSR count). The third-order valence-corrected chi connectivity index (χ3v) is 3.41. The van der Waals surface area contributed by atoms with E-state index in [4.69, 9.17) is 9.84 Å². The van der Waals surface area contributed by atoms with Crippen LogP contribution in [0.2, 0.25) is 0 Å². The smallest absolute Gasteiger partial charge is 0.261 e. The van der Waals surface area contributed by atoms with Crippen molar-refractivity contribution < 1.29 is 14.6 Å². The van der Waals surface area contributed by atoms with Gasteiger partial charge in [-0.2, -0.15) is 0 Å². The average molecular weight is 308 g/mol. The van der Waals surface area contributed by atoms with Crippen LogP contribution in [0, 0.1) is 0 Å². The van der Waals surface area contributed by atoms with Gasteiger partial charge in [-0.1, -0.05) is 0 Å². The summed E-state index contributed by atoms with van der Waals surface area (Å²) in [4.78, 5) is 12.2. The molecule has 1 aromatic heterocycles. The fraction of sp³-hybridized carbons (Fsp3) is 0.500. The maximum Gasteiger partial charge on any atom is 0.261 e. The molecule has 0 aromatic carbocycles. The van der Waals surface area contributed by atoms with Crippen LogP contribution in [0.3, 0.4) is 0 Å². The first-order valence-electron chi connectivity index (χ1n) is 4.96. The summed E-state index contributed by atoms with van der Waals surface area (Å²) in [5.74, 6) is -0.0575. The van der Waals surface area contributed by atoms with Gasteiger partial charge in [-0.05, 0) is 34.5 Å². The third-order valence-electron chi connectivity index (χ3n) is 1.78. The topological polar surface area (TPSA) is 58.6 Å². The number of amides is 1. The van der Waals surface area contributed by atoms with Crippen molar-refractivity contribution in [3.05, 3.63) is 20.8 Å². The zero-order valence-electron chi connectivity index (χ0n) is 8.74. The summed E-state index contributed by atoms with van der Waals surface area (Å²) >= 11 is 4.71. The molecule has 2 N–H and O–H groups in total. The van der Waals surface area contributed by atoms with Gasteiger partial charge in [0.2, 0.25) is 0 Å². The number of carbonyl (C=O) groups is 1. The minimum atomic E-state index is -0.0575. The Labute approximate surface area is 107 Å². The highest BCUT2D eigenvalue weighted by atomic mass is 79.9. The van der Waals surface area contributed by atoms with Crippen LogP contribution in [0.4, 0.5) is 0 Å². The van der Waals surface area contributed by atoms with Gasteiger partial charge in [-0.25, -0.2) is 0 Å². The van der Waals surface area contributed by atoms with Crippen LogP contribution < -0.4 is 5.32 Å². The minimum Gasteiger partial charge on any atom is -0.394 e. The number of hydrogen-bond donors (Lipinski definition) is 2. The minimum absolute atomic E-state index is 0.0373. The molecule has 1 heterocycles. The first-order chi connectivity index (χ1) is 7.74. The van der Waals surface area contributed by atoms with E-state index in [1.54, 1.807) is 6.07 Å². The van der Waals surface area contributed by atoms with Crippen LogP contribution in [-0.4, -0.2) is 37.4 Å². The number of ether oxygens (including phenoxy) is 1. The largest absolute Gasteiger partial charge is 0.394 e. The SMILES string of the molecule is O=C(NCCCOCCO)c1ccc(Br)s1. The molecule has 0 radical (unpaired) electrons. The Bertz CT molecular complexity index is 330. The van der Waals surface area contributed by atoms with E-state index in [9.17, 15) is 4.79 Å². The fourth-order valence-corrected chi connectivity index (χ4v) is 2.37. The van der Waals surface area contributed by atoms with E-state index in [1.807, 2.05) is 6.07 Å². The normalized spacial score (nSPS) is 10.4. The second kappa shape index (κ2) is 7.78. The van der Waals surface area contributed by atoms with Gasteiger partial charge >= 0.3 is 0 Å². The van der Waals surface area contributed by atoms with Gasteiger partial charge in [0.25, 0.3) is 5.91 Å². The summed E-state index contributed by atoms with van der Waals surface area (Å²) < 4.78 is 6.02. The second-order valence-corrected chi connectivity index (χ2v) is 5.51. The first kappa shape index (κ1) is 13.6. The molecule has 0 saturated carbocycles. The molecule has 0 saturated heterocycles. The third kappa shape index (κ3) is 5.07. The lowest BCUT2D eigenvalue weighted by Gasteiger charge is -2.03. The molecule has 0 bridgehead atoms. The van der Waals surface area contributed by atoms with Crippen LogP contribution in [0.15, 0.2) is 15.9 Å². The van der Waals surface area contributed by atoms with Gasteiger partial charge in [-0.15, -0.1) is 11.3 Å². The van der Waals surface area contributed by atoms with Gasteiger partial charge < -0.3 is 15.2 Å². The molecule has 0 spiro atoms. The molecule has 0 unspecified atom stereocenters. The van der Waals surface area contributed by atoms with Crippen LogP contribution >= 0.6 is 27.3 Å². The van der Waals surface area contributed by atoms with E-state index >= 15 is 0 Å². The summed E-state index contributed by atoms with van der Waals surface area (Å²) in [6.07, 6.45) is 0.748. The molecule has 4 nitrogen and oxygen atoms in total. The first-order valence-corrected chi connectivity index (χ1v) is 6.57. The molecule has 1 amide bonds. The van der Waals surface area contributed by atoms with Crippen LogP contribution in [0.25, 0.3) is 0 Å². The number of aliphatic hydroxyl groups is 1. The molecular formula is C10H14BrNO3S. The molecule has 16 heavy (non-hydrogen) atoms. The lowest BCUT2D eigenvalue weighted by atomic mass is 10.4. The van der Waals surface area contributed by atoms with Crippen molar-refractivity contribution in [2.24, 2.45) is 0 Å². The number of nitrogens with one attached hydrogen (secondary N) is 1. The van der Waals surface area contributed by atoms with Crippen molar-refractivity contribution in [2.45, 2.75) is 6.42 Å². The standard InChI is InChI=1S/C10H14BrNO3S/c11-9-3-2-8(16-9)10(14)12-4-1-6-15-7-5-13/h2-3,13H,1,4-7H2,(H,12,14). The zero-order chi connectivity index (χ0) is 11.8. The Morgan fingerprint density at radius 3 is 2.94 bits per heavy atom. The number of hydrogen-bond acceptors (Lipinski definition) is 4. The van der Waals surface area contributed by atoms with E-state index in [0.29, 0.717) is 24.6 Å². The van der Waals surface area contributed by atoms with Gasteiger partial charge in [0.1, 0.15) is 0 Å². The van der Waals surface area contributed by atoms with Crippen molar-refractivity contribution in [2.75, 3.05) is 26.4 Å². The fourth-order valence-electron chi connectivity index (χ4n) is 1.07. The highest BCUT2D eigenvalue weighted by molar-refractivity contribution is 9.11. The summed E-state index contributed by atoms with van der Waals surface area (Å²) in [5.41, 5.74) is 0. The molecule has 90 valence electrons. The van der Waals surface area contributed by atoms with Crippen molar-refractivity contribution in [3.63, 3.8) is 0 Å². The summed E-state index contributed by atoms with van der Waals surface area (Å²) in [7, 11) is 0. The van der Waals surface area contributed by atoms with Gasteiger partial charge in [0, 0.05) is 13.2 Å². The molecule has 0 fully saturated rings. The Morgan fingerprint density at radius 1 is 1.50 bits per heavy atom. The van der Waals surface area contributed by atoms with Gasteiger partial charge in [0.15, 0.2) is 0 Å². The van der Waals surface area contributed by atoms with E-state index in [1.165, 1.54) is 11.3 Å². The van der Waals surface area contributed by atoms with Gasteiger partial charge in [-0.3, -0.25) is 4.79 Å². The van der Waals surface area contributed by atoms with E-state index in [-0.39, 0.29) is 12.5 Å². The molecule has 0 aliphatic carbocycles. The summed E-state index contributed by atoms with van der Waals surface area (Å²) in [6, 6.07) is 3.64. The molecule has 0 atom stereocenters.